The first-order chi connectivity index (χ1) is 8.20. The first kappa shape index (κ1) is 13.3. The summed E-state index contributed by atoms with van der Waals surface area (Å²) in [6.07, 6.45) is 4.97. The lowest BCUT2D eigenvalue weighted by Gasteiger charge is -2.53. The zero-order valence-corrected chi connectivity index (χ0v) is 11.2. The molecule has 4 nitrogen and oxygen atoms in total. The van der Waals surface area contributed by atoms with Crippen LogP contribution in [0.5, 0.6) is 0 Å². The zero-order valence-electron chi connectivity index (χ0n) is 11.2. The number of rotatable bonds is 5. The molecule has 0 aromatic rings. The Hall–Kier alpha value is -0.160. The van der Waals surface area contributed by atoms with Crippen LogP contribution in [0.25, 0.3) is 0 Å². The average Bonchev–Trinajstić information content (AvgIpc) is 2.30. The summed E-state index contributed by atoms with van der Waals surface area (Å²) in [6.45, 7) is 3.74. The van der Waals surface area contributed by atoms with Gasteiger partial charge in [-0.1, -0.05) is 0 Å². The Kier molecular flexibility index (Phi) is 4.42. The van der Waals surface area contributed by atoms with Crippen LogP contribution in [-0.2, 0) is 9.47 Å². The Morgan fingerprint density at radius 1 is 1.35 bits per heavy atom. The molecule has 1 aliphatic heterocycles. The second kappa shape index (κ2) is 5.65. The van der Waals surface area contributed by atoms with E-state index in [4.69, 9.17) is 15.2 Å². The maximum Gasteiger partial charge on any atom is 0.0607 e. The fourth-order valence-electron chi connectivity index (χ4n) is 3.10. The van der Waals surface area contributed by atoms with Crippen molar-refractivity contribution in [2.45, 2.75) is 37.3 Å². The fraction of sp³-hybridized carbons (Fsp3) is 1.00. The topological polar surface area (TPSA) is 47.7 Å². The number of ether oxygens (including phenoxy) is 2. The summed E-state index contributed by atoms with van der Waals surface area (Å²) >= 11 is 0. The molecule has 0 unspecified atom stereocenters. The predicted octanol–water partition coefficient (Wildman–Crippen LogP) is 0.851. The van der Waals surface area contributed by atoms with E-state index in [1.165, 1.54) is 12.8 Å². The molecular formula is C13H26N2O2. The normalized spacial score (nSPS) is 34.9. The van der Waals surface area contributed by atoms with Crippen molar-refractivity contribution >= 4 is 0 Å². The molecule has 1 aliphatic carbocycles. The van der Waals surface area contributed by atoms with Crippen LogP contribution in [-0.4, -0.2) is 57.0 Å². The van der Waals surface area contributed by atoms with E-state index in [-0.39, 0.29) is 5.54 Å². The van der Waals surface area contributed by atoms with E-state index < -0.39 is 0 Å². The van der Waals surface area contributed by atoms with Crippen molar-refractivity contribution in [3.05, 3.63) is 0 Å². The highest BCUT2D eigenvalue weighted by molar-refractivity contribution is 5.03. The molecule has 17 heavy (non-hydrogen) atoms. The monoisotopic (exact) mass is 242 g/mol. The van der Waals surface area contributed by atoms with Crippen molar-refractivity contribution in [1.82, 2.24) is 4.90 Å². The second-order valence-electron chi connectivity index (χ2n) is 5.63. The van der Waals surface area contributed by atoms with Gasteiger partial charge in [0, 0.05) is 39.0 Å². The van der Waals surface area contributed by atoms with Crippen molar-refractivity contribution < 1.29 is 9.47 Å². The van der Waals surface area contributed by atoms with Crippen LogP contribution in [0, 0.1) is 5.92 Å². The smallest absolute Gasteiger partial charge is 0.0607 e. The molecule has 1 saturated carbocycles. The Morgan fingerprint density at radius 2 is 2.00 bits per heavy atom. The number of likely N-dealkylation sites (N-methyl/N-ethyl adjacent to an activating group) is 1. The number of hydrogen-bond donors (Lipinski definition) is 1. The Balaban J connectivity index is 1.83. The SMILES string of the molecule is COC1CC(CN)(N(C)CC2CCOCC2)C1. The lowest BCUT2D eigenvalue weighted by molar-refractivity contribution is -0.0859. The van der Waals surface area contributed by atoms with Gasteiger partial charge in [0.15, 0.2) is 0 Å². The minimum atomic E-state index is 0.193. The van der Waals surface area contributed by atoms with Gasteiger partial charge in [-0.2, -0.15) is 0 Å². The first-order valence-electron chi connectivity index (χ1n) is 6.72. The minimum Gasteiger partial charge on any atom is -0.381 e. The van der Waals surface area contributed by atoms with E-state index in [1.807, 2.05) is 0 Å². The van der Waals surface area contributed by atoms with Gasteiger partial charge in [0.25, 0.3) is 0 Å². The standard InChI is InChI=1S/C13H26N2O2/c1-15(9-11-3-5-17-6-4-11)13(10-14)7-12(8-13)16-2/h11-12H,3-10,14H2,1-2H3. The number of methoxy groups -OCH3 is 1. The molecule has 2 aliphatic rings. The van der Waals surface area contributed by atoms with Gasteiger partial charge in [-0.3, -0.25) is 4.90 Å². The van der Waals surface area contributed by atoms with Crippen LogP contribution in [0.3, 0.4) is 0 Å². The van der Waals surface area contributed by atoms with Crippen LogP contribution in [0.1, 0.15) is 25.7 Å². The van der Waals surface area contributed by atoms with Crippen molar-refractivity contribution in [3.8, 4) is 0 Å². The lowest BCUT2D eigenvalue weighted by Crippen LogP contribution is -2.63. The molecule has 0 aromatic carbocycles. The van der Waals surface area contributed by atoms with Gasteiger partial charge < -0.3 is 15.2 Å². The van der Waals surface area contributed by atoms with Gasteiger partial charge in [-0.05, 0) is 38.6 Å². The summed E-state index contributed by atoms with van der Waals surface area (Å²) in [5, 5.41) is 0. The number of hydrogen-bond acceptors (Lipinski definition) is 4. The summed E-state index contributed by atoms with van der Waals surface area (Å²) in [7, 11) is 4.01. The van der Waals surface area contributed by atoms with Crippen LogP contribution < -0.4 is 5.73 Å². The van der Waals surface area contributed by atoms with Crippen LogP contribution in [0.4, 0.5) is 0 Å². The van der Waals surface area contributed by atoms with E-state index in [0.717, 1.165) is 45.1 Å². The highest BCUT2D eigenvalue weighted by atomic mass is 16.5. The quantitative estimate of drug-likeness (QED) is 0.776. The molecular weight excluding hydrogens is 216 g/mol. The molecule has 0 radical (unpaired) electrons. The van der Waals surface area contributed by atoms with Crippen LogP contribution in [0.2, 0.25) is 0 Å². The molecule has 0 spiro atoms. The zero-order chi connectivity index (χ0) is 12.3. The largest absolute Gasteiger partial charge is 0.381 e. The van der Waals surface area contributed by atoms with Crippen LogP contribution >= 0.6 is 0 Å². The molecule has 0 atom stereocenters. The third-order valence-corrected chi connectivity index (χ3v) is 4.61. The number of nitrogens with two attached hydrogens (primary N) is 1. The molecule has 0 bridgehead atoms. The van der Waals surface area contributed by atoms with E-state index in [9.17, 15) is 0 Å². The summed E-state index contributed by atoms with van der Waals surface area (Å²) < 4.78 is 10.8. The Labute approximate surface area is 104 Å². The summed E-state index contributed by atoms with van der Waals surface area (Å²) in [5.74, 6) is 0.777. The van der Waals surface area contributed by atoms with Crippen molar-refractivity contribution in [3.63, 3.8) is 0 Å². The molecule has 2 rings (SSSR count). The van der Waals surface area contributed by atoms with Gasteiger partial charge in [0.1, 0.15) is 0 Å². The minimum absolute atomic E-state index is 0.193. The van der Waals surface area contributed by atoms with E-state index in [0.29, 0.717) is 6.10 Å². The van der Waals surface area contributed by atoms with E-state index in [2.05, 4.69) is 11.9 Å². The molecule has 0 amide bonds. The molecule has 0 aromatic heterocycles. The van der Waals surface area contributed by atoms with Gasteiger partial charge >= 0.3 is 0 Å². The third kappa shape index (κ3) is 2.81. The molecule has 4 heteroatoms. The summed E-state index contributed by atoms with van der Waals surface area (Å²) in [6, 6.07) is 0. The third-order valence-electron chi connectivity index (χ3n) is 4.61. The van der Waals surface area contributed by atoms with Gasteiger partial charge in [0.05, 0.1) is 6.10 Å². The summed E-state index contributed by atoms with van der Waals surface area (Å²) in [5.41, 5.74) is 6.16. The van der Waals surface area contributed by atoms with Gasteiger partial charge in [-0.15, -0.1) is 0 Å². The fourth-order valence-corrected chi connectivity index (χ4v) is 3.10. The van der Waals surface area contributed by atoms with Crippen molar-refractivity contribution in [2.24, 2.45) is 11.7 Å². The average molecular weight is 242 g/mol. The highest BCUT2D eigenvalue weighted by Gasteiger charge is 2.46. The maximum absolute atomic E-state index is 5.97. The van der Waals surface area contributed by atoms with Crippen LogP contribution in [0.15, 0.2) is 0 Å². The van der Waals surface area contributed by atoms with Gasteiger partial charge in [-0.25, -0.2) is 0 Å². The Bertz CT molecular complexity index is 236. The van der Waals surface area contributed by atoms with E-state index in [1.54, 1.807) is 7.11 Å². The maximum atomic E-state index is 5.97. The molecule has 2 N–H and O–H groups in total. The number of nitrogens with zero attached hydrogens (tertiary/aromatic N) is 1. The summed E-state index contributed by atoms with van der Waals surface area (Å²) in [4.78, 5) is 2.47. The second-order valence-corrected chi connectivity index (χ2v) is 5.63. The molecule has 100 valence electrons. The lowest BCUT2D eigenvalue weighted by atomic mass is 9.72. The Morgan fingerprint density at radius 3 is 2.53 bits per heavy atom. The van der Waals surface area contributed by atoms with E-state index >= 15 is 0 Å². The van der Waals surface area contributed by atoms with Crippen molar-refractivity contribution in [2.75, 3.05) is 40.5 Å². The predicted molar refractivity (Wildman–Crippen MR) is 68.0 cm³/mol. The molecule has 1 heterocycles. The van der Waals surface area contributed by atoms with Gasteiger partial charge in [0.2, 0.25) is 0 Å². The molecule has 2 fully saturated rings. The highest BCUT2D eigenvalue weighted by Crippen LogP contribution is 2.38. The molecule has 1 saturated heterocycles. The van der Waals surface area contributed by atoms with Crippen molar-refractivity contribution in [1.29, 1.82) is 0 Å². The first-order valence-corrected chi connectivity index (χ1v) is 6.72.